The van der Waals surface area contributed by atoms with Crippen LogP contribution in [-0.2, 0) is 9.84 Å². The third-order valence-electron chi connectivity index (χ3n) is 4.52. The number of aryl methyl sites for hydroxylation is 1. The lowest BCUT2D eigenvalue weighted by molar-refractivity contribution is 0.415. The number of nitrogens with one attached hydrogen (secondary N) is 3. The van der Waals surface area contributed by atoms with Gasteiger partial charge in [0.1, 0.15) is 11.6 Å². The van der Waals surface area contributed by atoms with E-state index in [1.807, 2.05) is 18.2 Å². The lowest BCUT2D eigenvalue weighted by Gasteiger charge is -2.10. The Morgan fingerprint density at radius 2 is 1.90 bits per heavy atom. The van der Waals surface area contributed by atoms with E-state index in [1.54, 1.807) is 44.5 Å². The minimum absolute atomic E-state index is 0.263. The first-order valence-corrected chi connectivity index (χ1v) is 10.9. The molecule has 0 saturated heterocycles. The van der Waals surface area contributed by atoms with Crippen molar-refractivity contribution in [3.8, 4) is 5.75 Å². The zero-order valence-electron chi connectivity index (χ0n) is 16.6. The van der Waals surface area contributed by atoms with Crippen LogP contribution in [0.3, 0.4) is 0 Å². The lowest BCUT2D eigenvalue weighted by Crippen LogP contribution is -2.03. The fourth-order valence-corrected chi connectivity index (χ4v) is 4.03. The Morgan fingerprint density at radius 1 is 1.07 bits per heavy atom. The number of aromatic nitrogens is 4. The van der Waals surface area contributed by atoms with Crippen LogP contribution < -0.4 is 15.4 Å². The highest BCUT2D eigenvalue weighted by Crippen LogP contribution is 2.27. The van der Waals surface area contributed by atoms with Gasteiger partial charge in [-0.2, -0.15) is 10.1 Å². The van der Waals surface area contributed by atoms with Crippen LogP contribution >= 0.6 is 0 Å². The van der Waals surface area contributed by atoms with Crippen molar-refractivity contribution in [1.82, 2.24) is 20.2 Å². The highest BCUT2D eigenvalue weighted by Gasteiger charge is 2.13. The predicted molar refractivity (Wildman–Crippen MR) is 116 cm³/mol. The molecule has 0 aliphatic heterocycles. The maximum atomic E-state index is 12.0. The minimum atomic E-state index is -3.33. The molecular weight excluding hydrogens is 404 g/mol. The third kappa shape index (κ3) is 4.03. The summed E-state index contributed by atoms with van der Waals surface area (Å²) in [6.45, 7) is 1.75. The van der Waals surface area contributed by atoms with Gasteiger partial charge in [0, 0.05) is 23.5 Å². The number of sulfone groups is 1. The normalized spacial score (nSPS) is 11.4. The molecule has 30 heavy (non-hydrogen) atoms. The predicted octanol–water partition coefficient (Wildman–Crippen LogP) is 3.56. The Bertz CT molecular complexity index is 1330. The van der Waals surface area contributed by atoms with Gasteiger partial charge >= 0.3 is 0 Å². The molecule has 4 rings (SSSR count). The Morgan fingerprint density at radius 3 is 2.67 bits per heavy atom. The SMILES string of the molecule is COc1ccc2[nH]nc(Nc3ccnc(Nc4ccc(C)c(S(C)(=O)=O)c4)n3)c2c1. The first kappa shape index (κ1) is 19.6. The fourth-order valence-electron chi connectivity index (χ4n) is 3.03. The summed E-state index contributed by atoms with van der Waals surface area (Å²) in [5.74, 6) is 2.17. The molecule has 0 saturated carbocycles. The van der Waals surface area contributed by atoms with Crippen molar-refractivity contribution in [2.24, 2.45) is 0 Å². The molecule has 2 heterocycles. The summed E-state index contributed by atoms with van der Waals surface area (Å²) in [5.41, 5.74) is 2.12. The topological polar surface area (TPSA) is 122 Å². The van der Waals surface area contributed by atoms with Gasteiger partial charge in [-0.05, 0) is 48.9 Å². The summed E-state index contributed by atoms with van der Waals surface area (Å²) in [6, 6.07) is 12.4. The lowest BCUT2D eigenvalue weighted by atomic mass is 10.2. The quantitative estimate of drug-likeness (QED) is 0.429. The highest BCUT2D eigenvalue weighted by molar-refractivity contribution is 7.90. The van der Waals surface area contributed by atoms with Crippen LogP contribution in [0.25, 0.3) is 10.9 Å². The standard InChI is InChI=1S/C20H20N6O3S/c1-12-4-5-13(10-17(12)30(3,27)28)22-20-21-9-8-18(24-20)23-19-15-11-14(29-2)6-7-16(15)25-26-19/h4-11H,1-3H3,(H3,21,22,23,24,25,26). The number of nitrogens with zero attached hydrogens (tertiary/aromatic N) is 3. The van der Waals surface area contributed by atoms with Crippen LogP contribution in [0, 0.1) is 6.92 Å². The Hall–Kier alpha value is -3.66. The molecule has 4 aromatic rings. The smallest absolute Gasteiger partial charge is 0.229 e. The van der Waals surface area contributed by atoms with Crippen molar-refractivity contribution in [2.75, 3.05) is 24.0 Å². The number of anilines is 4. The minimum Gasteiger partial charge on any atom is -0.497 e. The van der Waals surface area contributed by atoms with Crippen molar-refractivity contribution in [3.05, 3.63) is 54.2 Å². The maximum absolute atomic E-state index is 12.0. The number of rotatable bonds is 6. The monoisotopic (exact) mass is 424 g/mol. The molecule has 0 aliphatic carbocycles. The molecule has 2 aromatic carbocycles. The molecule has 0 radical (unpaired) electrons. The number of methoxy groups -OCH3 is 1. The van der Waals surface area contributed by atoms with E-state index < -0.39 is 9.84 Å². The van der Waals surface area contributed by atoms with E-state index in [2.05, 4.69) is 30.8 Å². The van der Waals surface area contributed by atoms with Crippen LogP contribution in [-0.4, -0.2) is 41.9 Å². The number of aromatic amines is 1. The second-order valence-corrected chi connectivity index (χ2v) is 8.74. The largest absolute Gasteiger partial charge is 0.497 e. The van der Waals surface area contributed by atoms with Crippen molar-refractivity contribution in [2.45, 2.75) is 11.8 Å². The molecule has 0 atom stereocenters. The molecule has 0 bridgehead atoms. The van der Waals surface area contributed by atoms with Crippen molar-refractivity contribution in [1.29, 1.82) is 0 Å². The van der Waals surface area contributed by atoms with E-state index in [-0.39, 0.29) is 4.90 Å². The molecular formula is C20H20N6O3S. The van der Waals surface area contributed by atoms with E-state index in [1.165, 1.54) is 6.26 Å². The van der Waals surface area contributed by atoms with Gasteiger partial charge in [0.2, 0.25) is 5.95 Å². The van der Waals surface area contributed by atoms with Gasteiger partial charge in [0.15, 0.2) is 15.7 Å². The molecule has 0 spiro atoms. The van der Waals surface area contributed by atoms with Crippen LogP contribution in [0.15, 0.2) is 53.6 Å². The van der Waals surface area contributed by atoms with Crippen LogP contribution in [0.5, 0.6) is 5.75 Å². The summed E-state index contributed by atoms with van der Waals surface area (Å²) in [6.07, 6.45) is 2.78. The van der Waals surface area contributed by atoms with Crippen molar-refractivity contribution < 1.29 is 13.2 Å². The molecule has 0 amide bonds. The van der Waals surface area contributed by atoms with Gasteiger partial charge in [0.25, 0.3) is 0 Å². The number of hydrogen-bond acceptors (Lipinski definition) is 8. The molecule has 10 heteroatoms. The van der Waals surface area contributed by atoms with Crippen LogP contribution in [0.4, 0.5) is 23.3 Å². The summed E-state index contributed by atoms with van der Waals surface area (Å²) < 4.78 is 29.2. The number of benzene rings is 2. The average Bonchev–Trinajstić information content (AvgIpc) is 3.11. The maximum Gasteiger partial charge on any atom is 0.229 e. The average molecular weight is 424 g/mol. The summed E-state index contributed by atoms with van der Waals surface area (Å²) in [5, 5.41) is 14.3. The second-order valence-electron chi connectivity index (χ2n) is 6.75. The second kappa shape index (κ2) is 7.64. The zero-order valence-corrected chi connectivity index (χ0v) is 17.4. The van der Waals surface area contributed by atoms with Crippen molar-refractivity contribution >= 4 is 44.0 Å². The van der Waals surface area contributed by atoms with Gasteiger partial charge in [0.05, 0.1) is 17.5 Å². The van der Waals surface area contributed by atoms with E-state index in [9.17, 15) is 8.42 Å². The molecule has 2 aromatic heterocycles. The number of fused-ring (bicyclic) bond motifs is 1. The van der Waals surface area contributed by atoms with E-state index in [0.29, 0.717) is 28.8 Å². The van der Waals surface area contributed by atoms with Gasteiger partial charge < -0.3 is 15.4 Å². The third-order valence-corrected chi connectivity index (χ3v) is 5.75. The van der Waals surface area contributed by atoms with E-state index in [0.717, 1.165) is 16.7 Å². The van der Waals surface area contributed by atoms with Gasteiger partial charge in [-0.3, -0.25) is 5.10 Å². The number of hydrogen-bond donors (Lipinski definition) is 3. The molecule has 9 nitrogen and oxygen atoms in total. The first-order valence-electron chi connectivity index (χ1n) is 9.03. The van der Waals surface area contributed by atoms with Crippen molar-refractivity contribution in [3.63, 3.8) is 0 Å². The molecule has 154 valence electrons. The summed E-state index contributed by atoms with van der Waals surface area (Å²) in [4.78, 5) is 8.91. The molecule has 3 N–H and O–H groups in total. The Balaban J connectivity index is 1.60. The zero-order chi connectivity index (χ0) is 21.3. The van der Waals surface area contributed by atoms with Crippen LogP contribution in [0.2, 0.25) is 0 Å². The fraction of sp³-hybridized carbons (Fsp3) is 0.150. The van der Waals surface area contributed by atoms with Gasteiger partial charge in [-0.15, -0.1) is 0 Å². The van der Waals surface area contributed by atoms with Gasteiger partial charge in [-0.25, -0.2) is 13.4 Å². The molecule has 0 fully saturated rings. The Kier molecular flexibility index (Phi) is 5.00. The molecule has 0 aliphatic rings. The summed E-state index contributed by atoms with van der Waals surface area (Å²) >= 11 is 0. The van der Waals surface area contributed by atoms with Crippen LogP contribution in [0.1, 0.15) is 5.56 Å². The van der Waals surface area contributed by atoms with E-state index in [4.69, 9.17) is 4.74 Å². The molecule has 0 unspecified atom stereocenters. The number of ether oxygens (including phenoxy) is 1. The summed E-state index contributed by atoms with van der Waals surface area (Å²) in [7, 11) is -1.72. The first-order chi connectivity index (χ1) is 14.3. The number of H-pyrrole nitrogens is 1. The Labute approximate surface area is 173 Å². The highest BCUT2D eigenvalue weighted by atomic mass is 32.2. The van der Waals surface area contributed by atoms with Gasteiger partial charge in [-0.1, -0.05) is 6.07 Å². The van der Waals surface area contributed by atoms with E-state index >= 15 is 0 Å².